The number of anilines is 1. The van der Waals surface area contributed by atoms with Gasteiger partial charge in [0.1, 0.15) is 5.75 Å². The molecule has 122 valence electrons. The van der Waals surface area contributed by atoms with E-state index >= 15 is 0 Å². The van der Waals surface area contributed by atoms with Crippen LogP contribution in [0.1, 0.15) is 36.6 Å². The molecule has 1 unspecified atom stereocenters. The molecule has 2 N–H and O–H groups in total. The van der Waals surface area contributed by atoms with E-state index in [1.54, 1.807) is 0 Å². The predicted molar refractivity (Wildman–Crippen MR) is 101 cm³/mol. The summed E-state index contributed by atoms with van der Waals surface area (Å²) in [5.74, 6) is 0.862. The van der Waals surface area contributed by atoms with Gasteiger partial charge in [0, 0.05) is 5.69 Å². The fourth-order valence-corrected chi connectivity index (χ4v) is 2.85. The Kier molecular flexibility index (Phi) is 5.99. The zero-order chi connectivity index (χ0) is 16.8. The Morgan fingerprint density at radius 2 is 1.83 bits per heavy atom. The van der Waals surface area contributed by atoms with E-state index in [2.05, 4.69) is 49.6 Å². The third-order valence-electron chi connectivity index (χ3n) is 3.66. The van der Waals surface area contributed by atoms with Crippen LogP contribution < -0.4 is 15.4 Å². The standard InChI is InChI=1S/C19H24N2OS/c1-5-22-17-9-7-16(8-10-17)21-19(23)20-15(4)18-11-6-13(2)12-14(18)3/h6-12,15H,5H2,1-4H3,(H2,20,21,23). The normalized spacial score (nSPS) is 11.7. The molecule has 2 aromatic rings. The molecule has 2 aromatic carbocycles. The zero-order valence-electron chi connectivity index (χ0n) is 14.1. The maximum Gasteiger partial charge on any atom is 0.171 e. The Morgan fingerprint density at radius 1 is 1.13 bits per heavy atom. The number of rotatable bonds is 5. The molecule has 2 rings (SSSR count). The topological polar surface area (TPSA) is 33.3 Å². The predicted octanol–water partition coefficient (Wildman–Crippen LogP) is 4.75. The molecule has 4 heteroatoms. The second-order valence-corrected chi connectivity index (χ2v) is 6.05. The maximum absolute atomic E-state index is 5.43. The first-order valence-corrected chi connectivity index (χ1v) is 8.28. The lowest BCUT2D eigenvalue weighted by molar-refractivity contribution is 0.340. The summed E-state index contributed by atoms with van der Waals surface area (Å²) in [7, 11) is 0. The number of thiocarbonyl (C=S) groups is 1. The fraction of sp³-hybridized carbons (Fsp3) is 0.316. The van der Waals surface area contributed by atoms with Crippen LogP contribution in [0.4, 0.5) is 5.69 Å². The molecule has 0 aliphatic carbocycles. The second kappa shape index (κ2) is 7.97. The minimum atomic E-state index is 0.151. The van der Waals surface area contributed by atoms with Gasteiger partial charge in [0.05, 0.1) is 12.6 Å². The van der Waals surface area contributed by atoms with Crippen LogP contribution in [-0.4, -0.2) is 11.7 Å². The average Bonchev–Trinajstić information content (AvgIpc) is 2.49. The van der Waals surface area contributed by atoms with Gasteiger partial charge in [0.25, 0.3) is 0 Å². The Hall–Kier alpha value is -2.07. The molecule has 3 nitrogen and oxygen atoms in total. The number of benzene rings is 2. The minimum absolute atomic E-state index is 0.151. The molecule has 0 amide bonds. The zero-order valence-corrected chi connectivity index (χ0v) is 15.0. The highest BCUT2D eigenvalue weighted by Gasteiger charge is 2.10. The molecule has 0 aromatic heterocycles. The van der Waals surface area contributed by atoms with Crippen molar-refractivity contribution in [3.05, 3.63) is 59.2 Å². The van der Waals surface area contributed by atoms with Crippen LogP contribution in [0.25, 0.3) is 0 Å². The van der Waals surface area contributed by atoms with Crippen molar-refractivity contribution in [2.24, 2.45) is 0 Å². The molecule has 0 heterocycles. The van der Waals surface area contributed by atoms with Crippen molar-refractivity contribution in [3.63, 3.8) is 0 Å². The van der Waals surface area contributed by atoms with Crippen molar-refractivity contribution in [1.82, 2.24) is 5.32 Å². The number of hydrogen-bond donors (Lipinski definition) is 2. The molecular formula is C19H24N2OS. The number of hydrogen-bond acceptors (Lipinski definition) is 2. The van der Waals surface area contributed by atoms with Crippen molar-refractivity contribution in [2.45, 2.75) is 33.7 Å². The van der Waals surface area contributed by atoms with E-state index in [0.717, 1.165) is 11.4 Å². The summed E-state index contributed by atoms with van der Waals surface area (Å²) < 4.78 is 5.43. The summed E-state index contributed by atoms with van der Waals surface area (Å²) in [5.41, 5.74) is 4.74. The third-order valence-corrected chi connectivity index (χ3v) is 3.88. The fourth-order valence-electron chi connectivity index (χ4n) is 2.55. The number of ether oxygens (including phenoxy) is 1. The van der Waals surface area contributed by atoms with Crippen LogP contribution in [-0.2, 0) is 0 Å². The van der Waals surface area contributed by atoms with E-state index in [9.17, 15) is 0 Å². The smallest absolute Gasteiger partial charge is 0.171 e. The summed E-state index contributed by atoms with van der Waals surface area (Å²) in [4.78, 5) is 0. The summed E-state index contributed by atoms with van der Waals surface area (Å²) in [5, 5.41) is 7.15. The first-order chi connectivity index (χ1) is 11.0. The summed E-state index contributed by atoms with van der Waals surface area (Å²) in [6.07, 6.45) is 0. The number of nitrogens with one attached hydrogen (secondary N) is 2. The highest BCUT2D eigenvalue weighted by atomic mass is 32.1. The highest BCUT2D eigenvalue weighted by molar-refractivity contribution is 7.80. The van der Waals surface area contributed by atoms with E-state index < -0.39 is 0 Å². The summed E-state index contributed by atoms with van der Waals surface area (Å²) in [6, 6.07) is 14.4. The van der Waals surface area contributed by atoms with Gasteiger partial charge in [-0.3, -0.25) is 0 Å². The van der Waals surface area contributed by atoms with Gasteiger partial charge in [-0.05, 0) is 75.3 Å². The molecule has 0 spiro atoms. The van der Waals surface area contributed by atoms with Gasteiger partial charge in [0.15, 0.2) is 5.11 Å². The van der Waals surface area contributed by atoms with Crippen molar-refractivity contribution >= 4 is 23.0 Å². The molecular weight excluding hydrogens is 304 g/mol. The van der Waals surface area contributed by atoms with E-state index in [0.29, 0.717) is 11.7 Å². The van der Waals surface area contributed by atoms with Crippen LogP contribution in [0.5, 0.6) is 5.75 Å². The molecule has 0 bridgehead atoms. The van der Waals surface area contributed by atoms with Crippen LogP contribution in [0.3, 0.4) is 0 Å². The van der Waals surface area contributed by atoms with Gasteiger partial charge in [-0.15, -0.1) is 0 Å². The van der Waals surface area contributed by atoms with Gasteiger partial charge in [-0.2, -0.15) is 0 Å². The molecule has 0 radical (unpaired) electrons. The SMILES string of the molecule is CCOc1ccc(NC(=S)NC(C)c2ccc(C)cc2C)cc1. The molecule has 0 aliphatic heterocycles. The van der Waals surface area contributed by atoms with Gasteiger partial charge in [0.2, 0.25) is 0 Å². The van der Waals surface area contributed by atoms with Gasteiger partial charge >= 0.3 is 0 Å². The van der Waals surface area contributed by atoms with Gasteiger partial charge < -0.3 is 15.4 Å². The maximum atomic E-state index is 5.43. The van der Waals surface area contributed by atoms with E-state index in [1.165, 1.54) is 16.7 Å². The second-order valence-electron chi connectivity index (χ2n) is 5.64. The lowest BCUT2D eigenvalue weighted by Crippen LogP contribution is -2.31. The largest absolute Gasteiger partial charge is 0.494 e. The molecule has 1 atom stereocenters. The minimum Gasteiger partial charge on any atom is -0.494 e. The summed E-state index contributed by atoms with van der Waals surface area (Å²) in [6.45, 7) is 8.99. The Balaban J connectivity index is 1.95. The molecule has 0 fully saturated rings. The molecule has 0 saturated heterocycles. The first-order valence-electron chi connectivity index (χ1n) is 7.87. The molecule has 0 aliphatic rings. The Labute approximate surface area is 144 Å². The van der Waals surface area contributed by atoms with E-state index in [1.807, 2.05) is 31.2 Å². The van der Waals surface area contributed by atoms with Crippen molar-refractivity contribution in [1.29, 1.82) is 0 Å². The van der Waals surface area contributed by atoms with Crippen LogP contribution in [0.15, 0.2) is 42.5 Å². The molecule has 0 saturated carbocycles. The highest BCUT2D eigenvalue weighted by Crippen LogP contribution is 2.19. The van der Waals surface area contributed by atoms with Crippen LogP contribution >= 0.6 is 12.2 Å². The third kappa shape index (κ3) is 4.96. The lowest BCUT2D eigenvalue weighted by Gasteiger charge is -2.19. The lowest BCUT2D eigenvalue weighted by atomic mass is 10.0. The summed E-state index contributed by atoms with van der Waals surface area (Å²) >= 11 is 5.41. The van der Waals surface area contributed by atoms with Gasteiger partial charge in [-0.1, -0.05) is 23.8 Å². The van der Waals surface area contributed by atoms with Crippen molar-refractivity contribution in [2.75, 3.05) is 11.9 Å². The Bertz CT molecular complexity index is 668. The van der Waals surface area contributed by atoms with Crippen molar-refractivity contribution < 1.29 is 4.74 Å². The first kappa shape index (κ1) is 17.3. The van der Waals surface area contributed by atoms with E-state index in [4.69, 9.17) is 17.0 Å². The average molecular weight is 328 g/mol. The van der Waals surface area contributed by atoms with Crippen LogP contribution in [0.2, 0.25) is 0 Å². The molecule has 23 heavy (non-hydrogen) atoms. The van der Waals surface area contributed by atoms with Crippen molar-refractivity contribution in [3.8, 4) is 5.75 Å². The number of aryl methyl sites for hydroxylation is 2. The Morgan fingerprint density at radius 3 is 2.43 bits per heavy atom. The monoisotopic (exact) mass is 328 g/mol. The van der Waals surface area contributed by atoms with Gasteiger partial charge in [-0.25, -0.2) is 0 Å². The van der Waals surface area contributed by atoms with Crippen LogP contribution in [0, 0.1) is 13.8 Å². The van der Waals surface area contributed by atoms with E-state index in [-0.39, 0.29) is 6.04 Å². The quantitative estimate of drug-likeness (QED) is 0.776.